The summed E-state index contributed by atoms with van der Waals surface area (Å²) >= 11 is 0. The van der Waals surface area contributed by atoms with Gasteiger partial charge in [0.05, 0.1) is 5.25 Å². The van der Waals surface area contributed by atoms with E-state index in [2.05, 4.69) is 19.2 Å². The van der Waals surface area contributed by atoms with Crippen LogP contribution < -0.4 is 5.32 Å². The van der Waals surface area contributed by atoms with E-state index in [9.17, 15) is 8.42 Å². The van der Waals surface area contributed by atoms with E-state index in [4.69, 9.17) is 4.74 Å². The van der Waals surface area contributed by atoms with Gasteiger partial charge in [-0.1, -0.05) is 13.8 Å². The predicted octanol–water partition coefficient (Wildman–Crippen LogP) is 1.21. The molecule has 118 valence electrons. The van der Waals surface area contributed by atoms with Gasteiger partial charge in [-0.25, -0.2) is 12.7 Å². The van der Waals surface area contributed by atoms with Gasteiger partial charge in [0.2, 0.25) is 10.0 Å². The van der Waals surface area contributed by atoms with Crippen LogP contribution in [0.3, 0.4) is 0 Å². The third-order valence-electron chi connectivity index (χ3n) is 4.47. The first-order valence-electron chi connectivity index (χ1n) is 7.85. The van der Waals surface area contributed by atoms with E-state index >= 15 is 0 Å². The average molecular weight is 304 g/mol. The molecular weight excluding hydrogens is 276 g/mol. The van der Waals surface area contributed by atoms with Crippen molar-refractivity contribution < 1.29 is 13.2 Å². The van der Waals surface area contributed by atoms with Crippen LogP contribution in [0.15, 0.2) is 0 Å². The first-order valence-corrected chi connectivity index (χ1v) is 9.36. The van der Waals surface area contributed by atoms with E-state index in [1.807, 2.05) is 0 Å². The topological polar surface area (TPSA) is 58.6 Å². The van der Waals surface area contributed by atoms with Crippen molar-refractivity contribution in [2.45, 2.75) is 50.8 Å². The quantitative estimate of drug-likeness (QED) is 0.829. The first-order chi connectivity index (χ1) is 9.55. The summed E-state index contributed by atoms with van der Waals surface area (Å²) < 4.78 is 32.3. The number of nitrogens with zero attached hydrogens (tertiary/aromatic N) is 1. The van der Waals surface area contributed by atoms with Crippen molar-refractivity contribution in [2.24, 2.45) is 5.92 Å². The maximum atomic E-state index is 12.7. The lowest BCUT2D eigenvalue weighted by molar-refractivity contribution is 0.0964. The third-order valence-corrected chi connectivity index (χ3v) is 6.84. The molecule has 6 heteroatoms. The van der Waals surface area contributed by atoms with E-state index < -0.39 is 10.0 Å². The summed E-state index contributed by atoms with van der Waals surface area (Å²) in [4.78, 5) is 0. The molecule has 5 nitrogen and oxygen atoms in total. The second kappa shape index (κ2) is 7.20. The molecule has 0 amide bonds. The van der Waals surface area contributed by atoms with Crippen LogP contribution in [-0.4, -0.2) is 56.9 Å². The van der Waals surface area contributed by atoms with E-state index in [1.165, 1.54) is 0 Å². The molecule has 0 aromatic carbocycles. The summed E-state index contributed by atoms with van der Waals surface area (Å²) in [5, 5.41) is 3.30. The van der Waals surface area contributed by atoms with Gasteiger partial charge in [0.15, 0.2) is 0 Å². The summed E-state index contributed by atoms with van der Waals surface area (Å²) in [5.74, 6) is 0.380. The van der Waals surface area contributed by atoms with Crippen molar-refractivity contribution in [3.05, 3.63) is 0 Å². The van der Waals surface area contributed by atoms with Crippen LogP contribution in [0.25, 0.3) is 0 Å². The fraction of sp³-hybridized carbons (Fsp3) is 1.00. The largest absolute Gasteiger partial charge is 0.381 e. The molecule has 2 atom stereocenters. The molecule has 2 saturated heterocycles. The molecule has 0 saturated carbocycles. The van der Waals surface area contributed by atoms with Gasteiger partial charge < -0.3 is 10.1 Å². The summed E-state index contributed by atoms with van der Waals surface area (Å²) in [6.07, 6.45) is 3.33. The van der Waals surface area contributed by atoms with Crippen LogP contribution in [0.1, 0.15) is 39.5 Å². The van der Waals surface area contributed by atoms with Crippen molar-refractivity contribution in [3.63, 3.8) is 0 Å². The fourth-order valence-corrected chi connectivity index (χ4v) is 5.17. The Morgan fingerprint density at radius 3 is 2.55 bits per heavy atom. The number of nitrogens with one attached hydrogen (secondary N) is 1. The fourth-order valence-electron chi connectivity index (χ4n) is 3.16. The lowest BCUT2D eigenvalue weighted by Gasteiger charge is -2.38. The van der Waals surface area contributed by atoms with Gasteiger partial charge in [0, 0.05) is 32.3 Å². The maximum absolute atomic E-state index is 12.7. The molecule has 0 spiro atoms. The molecule has 0 aromatic heterocycles. The highest BCUT2D eigenvalue weighted by Crippen LogP contribution is 2.25. The smallest absolute Gasteiger partial charge is 0.217 e. The minimum Gasteiger partial charge on any atom is -0.381 e. The summed E-state index contributed by atoms with van der Waals surface area (Å²) in [5.41, 5.74) is 0. The van der Waals surface area contributed by atoms with Crippen molar-refractivity contribution in [2.75, 3.05) is 32.8 Å². The van der Waals surface area contributed by atoms with Crippen molar-refractivity contribution in [1.82, 2.24) is 9.62 Å². The Kier molecular flexibility index (Phi) is 5.84. The molecule has 2 fully saturated rings. The summed E-state index contributed by atoms with van der Waals surface area (Å²) in [7, 11) is -3.14. The Balaban J connectivity index is 1.93. The SMILES string of the molecule is CCCNC1CCN(S(=O)(=O)C2CCOCC2)CC1C. The highest BCUT2D eigenvalue weighted by Gasteiger charge is 2.37. The Labute approximate surface area is 123 Å². The standard InChI is InChI=1S/C14H28N2O3S/c1-3-7-15-14-4-8-16(11-12(14)2)20(17,18)13-5-9-19-10-6-13/h12-15H,3-11H2,1-2H3. The first kappa shape index (κ1) is 16.2. The van der Waals surface area contributed by atoms with E-state index in [1.54, 1.807) is 4.31 Å². The average Bonchev–Trinajstić information content (AvgIpc) is 2.47. The lowest BCUT2D eigenvalue weighted by atomic mass is 9.95. The molecule has 1 N–H and O–H groups in total. The van der Waals surface area contributed by atoms with E-state index in [-0.39, 0.29) is 5.25 Å². The molecule has 2 unspecified atom stereocenters. The second-order valence-corrected chi connectivity index (χ2v) is 8.25. The van der Waals surface area contributed by atoms with Gasteiger partial charge in [-0.3, -0.25) is 0 Å². The lowest BCUT2D eigenvalue weighted by Crippen LogP contribution is -2.52. The number of rotatable bonds is 5. The number of hydrogen-bond acceptors (Lipinski definition) is 4. The monoisotopic (exact) mass is 304 g/mol. The van der Waals surface area contributed by atoms with Crippen LogP contribution in [0.2, 0.25) is 0 Å². The molecule has 0 radical (unpaired) electrons. The van der Waals surface area contributed by atoms with E-state index in [0.717, 1.165) is 19.4 Å². The number of ether oxygens (including phenoxy) is 1. The molecule has 2 aliphatic heterocycles. The zero-order valence-electron chi connectivity index (χ0n) is 12.7. The molecule has 2 aliphatic rings. The molecule has 0 aromatic rings. The van der Waals surface area contributed by atoms with Crippen molar-refractivity contribution >= 4 is 10.0 Å². The van der Waals surface area contributed by atoms with Crippen molar-refractivity contribution in [1.29, 1.82) is 0 Å². The molecular formula is C14H28N2O3S. The maximum Gasteiger partial charge on any atom is 0.217 e. The summed E-state index contributed by atoms with van der Waals surface area (Å²) in [6.45, 7) is 7.79. The molecule has 0 aliphatic carbocycles. The normalized spacial score (nSPS) is 30.5. The highest BCUT2D eigenvalue weighted by molar-refractivity contribution is 7.89. The van der Waals surface area contributed by atoms with Crippen LogP contribution >= 0.6 is 0 Å². The molecule has 2 heterocycles. The zero-order valence-corrected chi connectivity index (χ0v) is 13.5. The van der Waals surface area contributed by atoms with Gasteiger partial charge in [-0.2, -0.15) is 0 Å². The van der Waals surface area contributed by atoms with Gasteiger partial charge in [0.25, 0.3) is 0 Å². The predicted molar refractivity (Wildman–Crippen MR) is 80.2 cm³/mol. The molecule has 20 heavy (non-hydrogen) atoms. The Morgan fingerprint density at radius 2 is 1.95 bits per heavy atom. The van der Waals surface area contributed by atoms with Crippen molar-refractivity contribution in [3.8, 4) is 0 Å². The number of sulfonamides is 1. The minimum absolute atomic E-state index is 0.233. The van der Waals surface area contributed by atoms with Crippen LogP contribution in [0.5, 0.6) is 0 Å². The van der Waals surface area contributed by atoms with Gasteiger partial charge in [-0.15, -0.1) is 0 Å². The van der Waals surface area contributed by atoms with Gasteiger partial charge in [-0.05, 0) is 38.1 Å². The molecule has 2 rings (SSSR count). The summed E-state index contributed by atoms with van der Waals surface area (Å²) in [6, 6.07) is 0.455. The number of piperidine rings is 1. The zero-order chi connectivity index (χ0) is 14.6. The Morgan fingerprint density at radius 1 is 1.25 bits per heavy atom. The minimum atomic E-state index is -3.14. The van der Waals surface area contributed by atoms with Crippen LogP contribution in [0.4, 0.5) is 0 Å². The third kappa shape index (κ3) is 3.72. The Bertz CT molecular complexity index is 393. The highest BCUT2D eigenvalue weighted by atomic mass is 32.2. The Hall–Kier alpha value is -0.170. The second-order valence-electron chi connectivity index (χ2n) is 6.04. The van der Waals surface area contributed by atoms with Crippen LogP contribution in [0, 0.1) is 5.92 Å². The van der Waals surface area contributed by atoms with Crippen LogP contribution in [-0.2, 0) is 14.8 Å². The van der Waals surface area contributed by atoms with E-state index in [0.29, 0.717) is 51.1 Å². The molecule has 0 bridgehead atoms. The number of hydrogen-bond donors (Lipinski definition) is 1. The van der Waals surface area contributed by atoms with Gasteiger partial charge in [0.1, 0.15) is 0 Å². The van der Waals surface area contributed by atoms with Gasteiger partial charge >= 0.3 is 0 Å².